The molecule has 1 aromatic carbocycles. The van der Waals surface area contributed by atoms with E-state index in [0.29, 0.717) is 26.7 Å². The Balaban J connectivity index is 2.24. The first kappa shape index (κ1) is 14.0. The standard InChI is InChI=1S/C15H9BrClN3O/c16-11-12(9-5-2-1-3-6-9)19-14(20-15(11)21)13-10(17)7-4-8-18-13/h1-8H,(H,19,20,21). The van der Waals surface area contributed by atoms with Gasteiger partial charge in [-0.1, -0.05) is 41.9 Å². The molecule has 3 aromatic rings. The molecule has 3 rings (SSSR count). The minimum absolute atomic E-state index is 0.277. The lowest BCUT2D eigenvalue weighted by atomic mass is 10.1. The van der Waals surface area contributed by atoms with Gasteiger partial charge in [-0.25, -0.2) is 4.98 Å². The van der Waals surface area contributed by atoms with Crippen molar-refractivity contribution >= 4 is 27.5 Å². The van der Waals surface area contributed by atoms with E-state index in [1.807, 2.05) is 30.3 Å². The number of nitrogens with zero attached hydrogens (tertiary/aromatic N) is 2. The third-order valence-corrected chi connectivity index (χ3v) is 3.93. The fourth-order valence-corrected chi connectivity index (χ4v) is 2.55. The van der Waals surface area contributed by atoms with Gasteiger partial charge in [-0.2, -0.15) is 0 Å². The lowest BCUT2D eigenvalue weighted by molar-refractivity contribution is 1.09. The number of rotatable bonds is 2. The highest BCUT2D eigenvalue weighted by molar-refractivity contribution is 9.10. The van der Waals surface area contributed by atoms with Crippen molar-refractivity contribution in [1.29, 1.82) is 0 Å². The van der Waals surface area contributed by atoms with Gasteiger partial charge in [0.1, 0.15) is 10.2 Å². The van der Waals surface area contributed by atoms with E-state index in [2.05, 4.69) is 30.9 Å². The number of aromatic amines is 1. The van der Waals surface area contributed by atoms with Crippen LogP contribution in [0.3, 0.4) is 0 Å². The number of benzene rings is 1. The minimum Gasteiger partial charge on any atom is -0.304 e. The fourth-order valence-electron chi connectivity index (χ4n) is 1.92. The average molecular weight is 363 g/mol. The Bertz CT molecular complexity index is 849. The Morgan fingerprint density at radius 3 is 2.52 bits per heavy atom. The number of hydrogen-bond donors (Lipinski definition) is 1. The van der Waals surface area contributed by atoms with E-state index in [-0.39, 0.29) is 5.56 Å². The monoisotopic (exact) mass is 361 g/mol. The summed E-state index contributed by atoms with van der Waals surface area (Å²) in [6.07, 6.45) is 1.60. The quantitative estimate of drug-likeness (QED) is 0.752. The summed E-state index contributed by atoms with van der Waals surface area (Å²) in [5, 5.41) is 0.432. The summed E-state index contributed by atoms with van der Waals surface area (Å²) >= 11 is 9.40. The molecule has 0 saturated carbocycles. The van der Waals surface area contributed by atoms with Crippen LogP contribution in [0.1, 0.15) is 0 Å². The molecule has 4 nitrogen and oxygen atoms in total. The van der Waals surface area contributed by atoms with Crippen molar-refractivity contribution in [1.82, 2.24) is 15.0 Å². The smallest absolute Gasteiger partial charge is 0.266 e. The maximum absolute atomic E-state index is 12.1. The Hall–Kier alpha value is -1.98. The molecular weight excluding hydrogens is 354 g/mol. The molecule has 0 unspecified atom stereocenters. The predicted octanol–water partition coefficient (Wildman–Crippen LogP) is 3.91. The van der Waals surface area contributed by atoms with Gasteiger partial charge in [-0.3, -0.25) is 9.78 Å². The molecule has 0 atom stereocenters. The van der Waals surface area contributed by atoms with E-state index in [4.69, 9.17) is 11.6 Å². The first-order chi connectivity index (χ1) is 10.2. The molecule has 1 N–H and O–H groups in total. The summed E-state index contributed by atoms with van der Waals surface area (Å²) < 4.78 is 0.379. The first-order valence-corrected chi connectivity index (χ1v) is 7.30. The van der Waals surface area contributed by atoms with Gasteiger partial charge >= 0.3 is 0 Å². The molecule has 0 bridgehead atoms. The van der Waals surface area contributed by atoms with Crippen LogP contribution in [0, 0.1) is 0 Å². The van der Waals surface area contributed by atoms with Crippen LogP contribution in [0.15, 0.2) is 57.9 Å². The molecule has 0 amide bonds. The maximum atomic E-state index is 12.1. The number of pyridine rings is 1. The van der Waals surface area contributed by atoms with Gasteiger partial charge in [0.05, 0.1) is 10.7 Å². The van der Waals surface area contributed by atoms with Crippen LogP contribution in [-0.2, 0) is 0 Å². The van der Waals surface area contributed by atoms with E-state index in [1.54, 1.807) is 18.3 Å². The molecular formula is C15H9BrClN3O. The van der Waals surface area contributed by atoms with E-state index >= 15 is 0 Å². The van der Waals surface area contributed by atoms with E-state index < -0.39 is 0 Å². The van der Waals surface area contributed by atoms with Crippen molar-refractivity contribution < 1.29 is 0 Å². The average Bonchev–Trinajstić information content (AvgIpc) is 2.51. The molecule has 0 radical (unpaired) electrons. The Morgan fingerprint density at radius 1 is 1.05 bits per heavy atom. The number of nitrogens with one attached hydrogen (secondary N) is 1. The number of H-pyrrole nitrogens is 1. The minimum atomic E-state index is -0.277. The van der Waals surface area contributed by atoms with Gasteiger partial charge in [0.25, 0.3) is 5.56 Å². The molecule has 104 valence electrons. The summed E-state index contributed by atoms with van der Waals surface area (Å²) in [6.45, 7) is 0. The van der Waals surface area contributed by atoms with Gasteiger partial charge in [0, 0.05) is 11.8 Å². The number of aromatic nitrogens is 3. The number of hydrogen-bond acceptors (Lipinski definition) is 3. The highest BCUT2D eigenvalue weighted by atomic mass is 79.9. The Kier molecular flexibility index (Phi) is 3.86. The largest absolute Gasteiger partial charge is 0.304 e. The van der Waals surface area contributed by atoms with E-state index in [0.717, 1.165) is 5.56 Å². The van der Waals surface area contributed by atoms with Crippen molar-refractivity contribution in [2.24, 2.45) is 0 Å². The summed E-state index contributed by atoms with van der Waals surface area (Å²) in [6, 6.07) is 12.9. The summed E-state index contributed by atoms with van der Waals surface area (Å²) in [7, 11) is 0. The SMILES string of the molecule is O=c1[nH]c(-c2ncccc2Cl)nc(-c2ccccc2)c1Br. The van der Waals surface area contributed by atoms with Crippen LogP contribution in [-0.4, -0.2) is 15.0 Å². The fraction of sp³-hybridized carbons (Fsp3) is 0. The molecule has 2 heterocycles. The van der Waals surface area contributed by atoms with Crippen molar-refractivity contribution in [2.75, 3.05) is 0 Å². The molecule has 0 fully saturated rings. The van der Waals surface area contributed by atoms with Crippen molar-refractivity contribution in [3.8, 4) is 22.8 Å². The number of halogens is 2. The molecule has 0 aliphatic rings. The van der Waals surface area contributed by atoms with Crippen molar-refractivity contribution in [3.63, 3.8) is 0 Å². The zero-order valence-electron chi connectivity index (χ0n) is 10.7. The molecule has 6 heteroatoms. The van der Waals surface area contributed by atoms with Gasteiger partial charge in [-0.15, -0.1) is 0 Å². The maximum Gasteiger partial charge on any atom is 0.266 e. The summed E-state index contributed by atoms with van der Waals surface area (Å²) in [5.74, 6) is 0.340. The zero-order chi connectivity index (χ0) is 14.8. The van der Waals surface area contributed by atoms with E-state index in [9.17, 15) is 4.79 Å². The highest BCUT2D eigenvalue weighted by Gasteiger charge is 2.14. The van der Waals surface area contributed by atoms with Crippen LogP contribution in [0.25, 0.3) is 22.8 Å². The molecule has 0 saturated heterocycles. The van der Waals surface area contributed by atoms with Crippen LogP contribution in [0.5, 0.6) is 0 Å². The summed E-state index contributed by atoms with van der Waals surface area (Å²) in [5.41, 5.74) is 1.56. The molecule has 0 aliphatic carbocycles. The zero-order valence-corrected chi connectivity index (χ0v) is 13.0. The molecule has 2 aromatic heterocycles. The lowest BCUT2D eigenvalue weighted by Crippen LogP contribution is -2.12. The van der Waals surface area contributed by atoms with Gasteiger partial charge in [0.15, 0.2) is 5.82 Å². The predicted molar refractivity (Wildman–Crippen MR) is 86.2 cm³/mol. The third kappa shape index (κ3) is 2.75. The van der Waals surface area contributed by atoms with Gasteiger partial charge in [0.2, 0.25) is 0 Å². The highest BCUT2D eigenvalue weighted by Crippen LogP contribution is 2.27. The second-order valence-electron chi connectivity index (χ2n) is 4.28. The molecule has 0 spiro atoms. The summed E-state index contributed by atoms with van der Waals surface area (Å²) in [4.78, 5) is 23.4. The van der Waals surface area contributed by atoms with Crippen LogP contribution in [0.4, 0.5) is 0 Å². The second kappa shape index (κ2) is 5.79. The third-order valence-electron chi connectivity index (χ3n) is 2.89. The van der Waals surface area contributed by atoms with Gasteiger partial charge in [-0.05, 0) is 28.1 Å². The topological polar surface area (TPSA) is 58.6 Å². The van der Waals surface area contributed by atoms with Crippen LogP contribution in [0.2, 0.25) is 5.02 Å². The normalized spacial score (nSPS) is 10.6. The molecule has 21 heavy (non-hydrogen) atoms. The van der Waals surface area contributed by atoms with Crippen molar-refractivity contribution in [2.45, 2.75) is 0 Å². The first-order valence-electron chi connectivity index (χ1n) is 6.13. The molecule has 0 aliphatic heterocycles. The van der Waals surface area contributed by atoms with Gasteiger partial charge < -0.3 is 4.98 Å². The van der Waals surface area contributed by atoms with Crippen LogP contribution < -0.4 is 5.56 Å². The Labute approximate surface area is 134 Å². The van der Waals surface area contributed by atoms with Crippen molar-refractivity contribution in [3.05, 3.63) is 68.5 Å². The van der Waals surface area contributed by atoms with E-state index in [1.165, 1.54) is 0 Å². The Morgan fingerprint density at radius 2 is 1.81 bits per heavy atom. The van der Waals surface area contributed by atoms with Crippen LogP contribution >= 0.6 is 27.5 Å². The second-order valence-corrected chi connectivity index (χ2v) is 5.48. The lowest BCUT2D eigenvalue weighted by Gasteiger charge is -2.07.